The van der Waals surface area contributed by atoms with E-state index in [9.17, 15) is 0 Å². The fraction of sp³-hybridized carbons (Fsp3) is 0.188. The van der Waals surface area contributed by atoms with Crippen molar-refractivity contribution in [3.63, 3.8) is 0 Å². The maximum Gasteiger partial charge on any atom is 0.162 e. The molecule has 0 bridgehead atoms. The highest BCUT2D eigenvalue weighted by molar-refractivity contribution is 5.82. The summed E-state index contributed by atoms with van der Waals surface area (Å²) in [7, 11) is 3.21. The summed E-state index contributed by atoms with van der Waals surface area (Å²) < 4.78 is 10.5. The summed E-state index contributed by atoms with van der Waals surface area (Å²) in [4.78, 5) is 7.12. The second-order valence-electron chi connectivity index (χ2n) is 4.56. The minimum atomic E-state index is 0.461. The molecule has 5 nitrogen and oxygen atoms in total. The first-order chi connectivity index (χ1) is 10.3. The van der Waals surface area contributed by atoms with Crippen LogP contribution in [0.15, 0.2) is 48.7 Å². The van der Waals surface area contributed by atoms with Gasteiger partial charge in [-0.3, -0.25) is 0 Å². The van der Waals surface area contributed by atoms with Crippen molar-refractivity contribution >= 4 is 10.9 Å². The summed E-state index contributed by atoms with van der Waals surface area (Å²) in [6.45, 7) is 0.461. The van der Waals surface area contributed by atoms with Gasteiger partial charge in [0.05, 0.1) is 25.9 Å². The third-order valence-electron chi connectivity index (χ3n) is 3.19. The molecule has 0 radical (unpaired) electrons. The SMILES string of the molecule is COc1cc2cn(OCc3ccccc3)nc2cc1OC. The van der Waals surface area contributed by atoms with Crippen molar-refractivity contribution in [2.45, 2.75) is 6.61 Å². The second kappa shape index (κ2) is 5.75. The van der Waals surface area contributed by atoms with Crippen LogP contribution in [0.25, 0.3) is 10.9 Å². The van der Waals surface area contributed by atoms with E-state index in [0.29, 0.717) is 18.1 Å². The highest BCUT2D eigenvalue weighted by atomic mass is 16.7. The van der Waals surface area contributed by atoms with Gasteiger partial charge in [0.25, 0.3) is 0 Å². The fourth-order valence-electron chi connectivity index (χ4n) is 2.11. The zero-order chi connectivity index (χ0) is 14.7. The third-order valence-corrected chi connectivity index (χ3v) is 3.19. The Labute approximate surface area is 122 Å². The lowest BCUT2D eigenvalue weighted by Gasteiger charge is -2.05. The van der Waals surface area contributed by atoms with Gasteiger partial charge < -0.3 is 14.3 Å². The van der Waals surface area contributed by atoms with Crippen LogP contribution in [0.3, 0.4) is 0 Å². The Kier molecular flexibility index (Phi) is 3.64. The van der Waals surface area contributed by atoms with Crippen LogP contribution >= 0.6 is 0 Å². The number of rotatable bonds is 5. The van der Waals surface area contributed by atoms with Gasteiger partial charge in [0, 0.05) is 11.5 Å². The largest absolute Gasteiger partial charge is 0.493 e. The molecular formula is C16H16N2O3. The van der Waals surface area contributed by atoms with E-state index in [-0.39, 0.29) is 0 Å². The van der Waals surface area contributed by atoms with E-state index in [4.69, 9.17) is 14.3 Å². The molecule has 0 fully saturated rings. The molecule has 0 saturated heterocycles. The molecule has 0 saturated carbocycles. The lowest BCUT2D eigenvalue weighted by atomic mass is 10.2. The zero-order valence-corrected chi connectivity index (χ0v) is 11.9. The van der Waals surface area contributed by atoms with Crippen LogP contribution < -0.4 is 14.3 Å². The van der Waals surface area contributed by atoms with E-state index in [1.54, 1.807) is 14.2 Å². The van der Waals surface area contributed by atoms with Crippen molar-refractivity contribution in [1.29, 1.82) is 0 Å². The quantitative estimate of drug-likeness (QED) is 0.722. The molecule has 2 aromatic carbocycles. The molecule has 21 heavy (non-hydrogen) atoms. The van der Waals surface area contributed by atoms with Gasteiger partial charge >= 0.3 is 0 Å². The molecule has 1 aromatic heterocycles. The van der Waals surface area contributed by atoms with Crippen molar-refractivity contribution in [3.05, 3.63) is 54.2 Å². The summed E-state index contributed by atoms with van der Waals surface area (Å²) in [5, 5.41) is 5.30. The summed E-state index contributed by atoms with van der Waals surface area (Å²) in [6.07, 6.45) is 1.82. The first kappa shape index (κ1) is 13.3. The maximum atomic E-state index is 5.65. The molecule has 108 valence electrons. The summed E-state index contributed by atoms with van der Waals surface area (Å²) in [5.74, 6) is 1.32. The molecule has 5 heteroatoms. The summed E-state index contributed by atoms with van der Waals surface area (Å²) in [6, 6.07) is 13.7. The van der Waals surface area contributed by atoms with Crippen LogP contribution in [0.2, 0.25) is 0 Å². The maximum absolute atomic E-state index is 5.65. The average molecular weight is 284 g/mol. The molecule has 0 amide bonds. The Balaban J connectivity index is 1.84. The molecule has 0 aliphatic heterocycles. The van der Waals surface area contributed by atoms with Gasteiger partial charge in [0.2, 0.25) is 0 Å². The number of aromatic nitrogens is 2. The van der Waals surface area contributed by atoms with Crippen molar-refractivity contribution in [1.82, 2.24) is 9.94 Å². The Hall–Kier alpha value is -2.69. The molecule has 0 N–H and O–H groups in total. The number of ether oxygens (including phenoxy) is 2. The fourth-order valence-corrected chi connectivity index (χ4v) is 2.11. The number of hydrogen-bond donors (Lipinski definition) is 0. The molecule has 0 aliphatic rings. The Bertz CT molecular complexity index is 697. The van der Waals surface area contributed by atoms with Crippen molar-refractivity contribution in [2.24, 2.45) is 0 Å². The summed E-state index contributed by atoms with van der Waals surface area (Å²) in [5.41, 5.74) is 1.88. The predicted molar refractivity (Wildman–Crippen MR) is 79.6 cm³/mol. The molecule has 0 spiro atoms. The first-order valence-corrected chi connectivity index (χ1v) is 6.59. The Morgan fingerprint density at radius 3 is 2.43 bits per heavy atom. The van der Waals surface area contributed by atoms with Crippen LogP contribution in [0.1, 0.15) is 5.56 Å². The van der Waals surface area contributed by atoms with E-state index in [2.05, 4.69) is 5.10 Å². The standard InChI is InChI=1S/C16H16N2O3/c1-19-15-8-13-10-18(17-14(13)9-16(15)20-2)21-11-12-6-4-3-5-7-12/h3-10H,11H2,1-2H3. The molecule has 3 aromatic rings. The average Bonchev–Trinajstić information content (AvgIpc) is 2.94. The molecule has 3 rings (SSSR count). The van der Waals surface area contributed by atoms with Crippen molar-refractivity contribution in [3.8, 4) is 11.5 Å². The predicted octanol–water partition coefficient (Wildman–Crippen LogP) is 2.68. The number of benzene rings is 2. The van der Waals surface area contributed by atoms with E-state index >= 15 is 0 Å². The van der Waals surface area contributed by atoms with Crippen LogP contribution in [0, 0.1) is 0 Å². The van der Waals surface area contributed by atoms with Gasteiger partial charge in [-0.2, -0.15) is 0 Å². The van der Waals surface area contributed by atoms with Gasteiger partial charge in [0.1, 0.15) is 6.61 Å². The van der Waals surface area contributed by atoms with Crippen molar-refractivity contribution in [2.75, 3.05) is 14.2 Å². The van der Waals surface area contributed by atoms with Crippen LogP contribution in [-0.2, 0) is 6.61 Å². The Morgan fingerprint density at radius 1 is 1.00 bits per heavy atom. The zero-order valence-electron chi connectivity index (χ0n) is 11.9. The van der Waals surface area contributed by atoms with Crippen LogP contribution in [0.5, 0.6) is 11.5 Å². The molecule has 1 heterocycles. The van der Waals surface area contributed by atoms with E-state index in [0.717, 1.165) is 16.5 Å². The van der Waals surface area contributed by atoms with Gasteiger partial charge in [-0.25, -0.2) is 0 Å². The highest BCUT2D eigenvalue weighted by Crippen LogP contribution is 2.31. The normalized spacial score (nSPS) is 10.6. The number of nitrogens with zero attached hydrogens (tertiary/aromatic N) is 2. The lowest BCUT2D eigenvalue weighted by molar-refractivity contribution is 0.0716. The minimum Gasteiger partial charge on any atom is -0.493 e. The lowest BCUT2D eigenvalue weighted by Crippen LogP contribution is -2.11. The van der Waals surface area contributed by atoms with Gasteiger partial charge in [-0.1, -0.05) is 30.3 Å². The number of hydrogen-bond acceptors (Lipinski definition) is 4. The number of fused-ring (bicyclic) bond motifs is 1. The Morgan fingerprint density at radius 2 is 1.71 bits per heavy atom. The highest BCUT2D eigenvalue weighted by Gasteiger charge is 2.09. The minimum absolute atomic E-state index is 0.461. The molecule has 0 unspecified atom stereocenters. The van der Waals surface area contributed by atoms with Gasteiger partial charge in [0.15, 0.2) is 11.5 Å². The monoisotopic (exact) mass is 284 g/mol. The number of methoxy groups -OCH3 is 2. The van der Waals surface area contributed by atoms with Crippen LogP contribution in [0.4, 0.5) is 0 Å². The van der Waals surface area contributed by atoms with Gasteiger partial charge in [-0.05, 0) is 11.6 Å². The molecular weight excluding hydrogens is 268 g/mol. The first-order valence-electron chi connectivity index (χ1n) is 6.59. The van der Waals surface area contributed by atoms with E-state index in [1.165, 1.54) is 4.85 Å². The molecule has 0 atom stereocenters. The van der Waals surface area contributed by atoms with Gasteiger partial charge in [-0.15, -0.1) is 9.94 Å². The van der Waals surface area contributed by atoms with E-state index < -0.39 is 0 Å². The van der Waals surface area contributed by atoms with Crippen molar-refractivity contribution < 1.29 is 14.3 Å². The van der Waals surface area contributed by atoms with E-state index in [1.807, 2.05) is 48.7 Å². The molecule has 0 aliphatic carbocycles. The van der Waals surface area contributed by atoms with Crippen LogP contribution in [-0.4, -0.2) is 24.2 Å². The third kappa shape index (κ3) is 2.76. The second-order valence-corrected chi connectivity index (χ2v) is 4.56. The summed E-state index contributed by atoms with van der Waals surface area (Å²) >= 11 is 0. The smallest absolute Gasteiger partial charge is 0.162 e. The topological polar surface area (TPSA) is 45.5 Å².